The van der Waals surface area contributed by atoms with Gasteiger partial charge in [0.15, 0.2) is 0 Å². The lowest BCUT2D eigenvalue weighted by molar-refractivity contribution is -0.137. The molecular weight excluding hydrogens is 202 g/mol. The zero-order chi connectivity index (χ0) is 10.7. The third kappa shape index (κ3) is 2.65. The highest BCUT2D eigenvalue weighted by Gasteiger charge is 2.14. The van der Waals surface area contributed by atoms with Crippen molar-refractivity contribution in [1.82, 2.24) is 0 Å². The van der Waals surface area contributed by atoms with Gasteiger partial charge in [-0.2, -0.15) is 0 Å². The van der Waals surface area contributed by atoms with E-state index in [0.29, 0.717) is 10.5 Å². The molecule has 5 heteroatoms. The topological polar surface area (TPSA) is 83.6 Å². The fourth-order valence-corrected chi connectivity index (χ4v) is 1.35. The highest BCUT2D eigenvalue weighted by Crippen LogP contribution is 2.26. The van der Waals surface area contributed by atoms with Gasteiger partial charge in [-0.05, 0) is 18.2 Å². The summed E-state index contributed by atoms with van der Waals surface area (Å²) in [5.41, 5.74) is 5.99. The van der Waals surface area contributed by atoms with E-state index in [9.17, 15) is 9.90 Å². The van der Waals surface area contributed by atoms with Crippen LogP contribution in [0.5, 0.6) is 5.75 Å². The van der Waals surface area contributed by atoms with Crippen molar-refractivity contribution in [3.63, 3.8) is 0 Å². The van der Waals surface area contributed by atoms with Crippen molar-refractivity contribution < 1.29 is 15.0 Å². The van der Waals surface area contributed by atoms with E-state index in [-0.39, 0.29) is 12.2 Å². The van der Waals surface area contributed by atoms with Crippen molar-refractivity contribution in [3.05, 3.63) is 23.8 Å². The molecule has 0 spiro atoms. The van der Waals surface area contributed by atoms with Crippen LogP contribution in [0.1, 0.15) is 18.0 Å². The first-order chi connectivity index (χ1) is 6.50. The molecular formula is C9H11NO3S. The zero-order valence-corrected chi connectivity index (χ0v) is 8.24. The second kappa shape index (κ2) is 4.34. The lowest BCUT2D eigenvalue weighted by atomic mass is 10.0. The number of rotatable bonds is 3. The quantitative estimate of drug-likeness (QED) is 0.568. The van der Waals surface area contributed by atoms with Crippen LogP contribution in [-0.4, -0.2) is 16.2 Å². The molecule has 1 atom stereocenters. The molecule has 14 heavy (non-hydrogen) atoms. The second-order valence-corrected chi connectivity index (χ2v) is 3.46. The molecule has 1 aromatic rings. The van der Waals surface area contributed by atoms with Gasteiger partial charge in [-0.3, -0.25) is 4.79 Å². The Hall–Kier alpha value is -1.20. The van der Waals surface area contributed by atoms with Crippen LogP contribution in [0.2, 0.25) is 0 Å². The van der Waals surface area contributed by atoms with Crippen LogP contribution >= 0.6 is 12.6 Å². The van der Waals surface area contributed by atoms with Crippen LogP contribution < -0.4 is 5.73 Å². The number of phenols is 1. The Morgan fingerprint density at radius 1 is 1.57 bits per heavy atom. The molecule has 0 aliphatic heterocycles. The molecule has 76 valence electrons. The first-order valence-electron chi connectivity index (χ1n) is 4.00. The van der Waals surface area contributed by atoms with Gasteiger partial charge in [0.05, 0.1) is 6.42 Å². The zero-order valence-electron chi connectivity index (χ0n) is 7.34. The molecule has 1 aromatic carbocycles. The Kier molecular flexibility index (Phi) is 3.38. The summed E-state index contributed by atoms with van der Waals surface area (Å²) in [4.78, 5) is 11.0. The second-order valence-electron chi connectivity index (χ2n) is 2.95. The number of thiol groups is 1. The number of aromatic hydroxyl groups is 1. The van der Waals surface area contributed by atoms with E-state index in [1.54, 1.807) is 12.1 Å². The predicted octanol–water partition coefficient (Wildman–Crippen LogP) is 1.16. The van der Waals surface area contributed by atoms with E-state index in [4.69, 9.17) is 10.8 Å². The average molecular weight is 213 g/mol. The number of nitrogens with two attached hydrogens (primary N) is 1. The highest BCUT2D eigenvalue weighted by molar-refractivity contribution is 7.80. The molecule has 0 heterocycles. The molecule has 0 saturated heterocycles. The van der Waals surface area contributed by atoms with Gasteiger partial charge >= 0.3 is 5.97 Å². The van der Waals surface area contributed by atoms with E-state index in [1.165, 1.54) is 6.07 Å². The van der Waals surface area contributed by atoms with Gasteiger partial charge in [-0.15, -0.1) is 12.6 Å². The van der Waals surface area contributed by atoms with E-state index >= 15 is 0 Å². The third-order valence-electron chi connectivity index (χ3n) is 1.81. The fourth-order valence-electron chi connectivity index (χ4n) is 1.14. The van der Waals surface area contributed by atoms with E-state index < -0.39 is 12.0 Å². The summed E-state index contributed by atoms with van der Waals surface area (Å²) in [6.45, 7) is 0. The Labute approximate surface area is 86.8 Å². The number of aliphatic carboxylic acids is 1. The minimum absolute atomic E-state index is 0.00319. The molecule has 0 aliphatic carbocycles. The van der Waals surface area contributed by atoms with E-state index in [2.05, 4.69) is 12.6 Å². The van der Waals surface area contributed by atoms with Crippen LogP contribution in [0.25, 0.3) is 0 Å². The molecule has 0 saturated carbocycles. The van der Waals surface area contributed by atoms with Gasteiger partial charge in [-0.1, -0.05) is 0 Å². The first-order valence-corrected chi connectivity index (χ1v) is 4.44. The van der Waals surface area contributed by atoms with Crippen molar-refractivity contribution in [2.45, 2.75) is 17.4 Å². The summed E-state index contributed by atoms with van der Waals surface area (Å²) in [6.07, 6.45) is -0.217. The van der Waals surface area contributed by atoms with Crippen LogP contribution in [0, 0.1) is 0 Å². The molecule has 0 bridgehead atoms. The van der Waals surface area contributed by atoms with Gasteiger partial charge in [0.2, 0.25) is 0 Å². The summed E-state index contributed by atoms with van der Waals surface area (Å²) >= 11 is 4.07. The molecule has 0 aromatic heterocycles. The van der Waals surface area contributed by atoms with Crippen LogP contribution in [-0.2, 0) is 4.79 Å². The van der Waals surface area contributed by atoms with E-state index in [1.807, 2.05) is 0 Å². The summed E-state index contributed by atoms with van der Waals surface area (Å²) in [7, 11) is 0. The Balaban J connectivity index is 2.93. The minimum atomic E-state index is -0.999. The van der Waals surface area contributed by atoms with Crippen molar-refractivity contribution in [1.29, 1.82) is 0 Å². The summed E-state index contributed by atoms with van der Waals surface area (Å²) in [6, 6.07) is 3.90. The van der Waals surface area contributed by atoms with Crippen molar-refractivity contribution in [3.8, 4) is 5.75 Å². The molecule has 4 N–H and O–H groups in total. The number of carboxylic acids is 1. The van der Waals surface area contributed by atoms with Gasteiger partial charge in [0, 0.05) is 16.5 Å². The lowest BCUT2D eigenvalue weighted by Crippen LogP contribution is -2.15. The van der Waals surface area contributed by atoms with Gasteiger partial charge < -0.3 is 15.9 Å². The number of carboxylic acid groups (broad SMARTS) is 1. The first kappa shape index (κ1) is 10.9. The van der Waals surface area contributed by atoms with Crippen molar-refractivity contribution in [2.75, 3.05) is 0 Å². The number of carbonyl (C=O) groups is 1. The molecule has 0 radical (unpaired) electrons. The monoisotopic (exact) mass is 213 g/mol. The summed E-state index contributed by atoms with van der Waals surface area (Å²) < 4.78 is 0. The van der Waals surface area contributed by atoms with E-state index in [0.717, 1.165) is 0 Å². The number of benzene rings is 1. The SMILES string of the molecule is N[C@@H](CC(=O)O)c1cc(S)ccc1O. The van der Waals surface area contributed by atoms with Crippen LogP contribution in [0.3, 0.4) is 0 Å². The standard InChI is InChI=1S/C9H11NO3S/c10-7(4-9(12)13)6-3-5(14)1-2-8(6)11/h1-3,7,11,14H,4,10H2,(H,12,13)/t7-/m0/s1. The fraction of sp³-hybridized carbons (Fsp3) is 0.222. The molecule has 1 rings (SSSR count). The predicted molar refractivity (Wildman–Crippen MR) is 54.5 cm³/mol. The normalized spacial score (nSPS) is 12.4. The largest absolute Gasteiger partial charge is 0.508 e. The van der Waals surface area contributed by atoms with Crippen LogP contribution in [0.4, 0.5) is 0 Å². The van der Waals surface area contributed by atoms with Gasteiger partial charge in [-0.25, -0.2) is 0 Å². The molecule has 0 unspecified atom stereocenters. The third-order valence-corrected chi connectivity index (χ3v) is 2.08. The van der Waals surface area contributed by atoms with Gasteiger partial charge in [0.1, 0.15) is 5.75 Å². The number of hydrogen-bond acceptors (Lipinski definition) is 4. The Morgan fingerprint density at radius 2 is 2.21 bits per heavy atom. The van der Waals surface area contributed by atoms with Crippen LogP contribution in [0.15, 0.2) is 23.1 Å². The smallest absolute Gasteiger partial charge is 0.305 e. The van der Waals surface area contributed by atoms with Crippen molar-refractivity contribution in [2.24, 2.45) is 5.73 Å². The molecule has 0 aliphatic rings. The maximum absolute atomic E-state index is 10.4. The molecule has 0 amide bonds. The molecule has 4 nitrogen and oxygen atoms in total. The summed E-state index contributed by atoms with van der Waals surface area (Å²) in [5, 5.41) is 17.9. The molecule has 0 fully saturated rings. The van der Waals surface area contributed by atoms with Crippen molar-refractivity contribution >= 4 is 18.6 Å². The maximum atomic E-state index is 10.4. The Morgan fingerprint density at radius 3 is 2.79 bits per heavy atom. The maximum Gasteiger partial charge on any atom is 0.305 e. The summed E-state index contributed by atoms with van der Waals surface area (Å²) in [5.74, 6) is -1.00. The Bertz CT molecular complexity index is 354. The lowest BCUT2D eigenvalue weighted by Gasteiger charge is -2.11. The minimum Gasteiger partial charge on any atom is -0.508 e. The highest BCUT2D eigenvalue weighted by atomic mass is 32.1. The average Bonchev–Trinajstić information content (AvgIpc) is 2.08. The van der Waals surface area contributed by atoms with Gasteiger partial charge in [0.25, 0.3) is 0 Å². The number of hydrogen-bond donors (Lipinski definition) is 4. The number of phenolic OH excluding ortho intramolecular Hbond substituents is 1.